The molecule has 34 heavy (non-hydrogen) atoms. The van der Waals surface area contributed by atoms with E-state index in [4.69, 9.17) is 0 Å². The molecule has 10 nitrogen and oxygen atoms in total. The maximum absolute atomic E-state index is 12.9. The van der Waals surface area contributed by atoms with Crippen LogP contribution in [0.4, 0.5) is 13.2 Å². The van der Waals surface area contributed by atoms with Crippen LogP contribution in [0.15, 0.2) is 18.2 Å². The average Bonchev–Trinajstić information content (AvgIpc) is 2.97. The Balaban J connectivity index is 1.46. The SMILES string of the molecule is O=C1CCC(N2C(=O)c3ccc(CN4CCCC(OS(=O)(=O)C(F)(F)F)C4)cc3C2=O)C(=O)N1. The van der Waals surface area contributed by atoms with Crippen LogP contribution >= 0.6 is 0 Å². The summed E-state index contributed by atoms with van der Waals surface area (Å²) < 4.78 is 64.8. The van der Waals surface area contributed by atoms with Crippen LogP contribution in [0.2, 0.25) is 0 Å². The number of carbonyl (C=O) groups is 4. The van der Waals surface area contributed by atoms with Crippen molar-refractivity contribution < 1.29 is 45.0 Å². The number of amides is 4. The van der Waals surface area contributed by atoms with Gasteiger partial charge in [-0.25, -0.2) is 0 Å². The summed E-state index contributed by atoms with van der Waals surface area (Å²) in [6.07, 6.45) is -0.592. The van der Waals surface area contributed by atoms with Gasteiger partial charge in [-0.2, -0.15) is 21.6 Å². The average molecular weight is 503 g/mol. The highest BCUT2D eigenvalue weighted by atomic mass is 32.2. The van der Waals surface area contributed by atoms with Crippen LogP contribution in [-0.2, 0) is 30.4 Å². The number of benzene rings is 1. The summed E-state index contributed by atoms with van der Waals surface area (Å²) >= 11 is 0. The molecule has 14 heteroatoms. The molecular weight excluding hydrogens is 483 g/mol. The first-order valence-corrected chi connectivity index (χ1v) is 11.8. The highest BCUT2D eigenvalue weighted by Gasteiger charge is 2.49. The largest absolute Gasteiger partial charge is 0.523 e. The summed E-state index contributed by atoms with van der Waals surface area (Å²) in [6.45, 7) is 0.582. The predicted molar refractivity (Wildman–Crippen MR) is 107 cm³/mol. The van der Waals surface area contributed by atoms with Crippen molar-refractivity contribution in [3.8, 4) is 0 Å². The summed E-state index contributed by atoms with van der Waals surface area (Å²) in [7, 11) is -5.71. The zero-order chi connectivity index (χ0) is 24.8. The first-order chi connectivity index (χ1) is 15.9. The summed E-state index contributed by atoms with van der Waals surface area (Å²) in [5, 5.41) is 2.11. The number of nitrogens with zero attached hydrogens (tertiary/aromatic N) is 2. The number of likely N-dealkylation sites (tertiary alicyclic amines) is 1. The Morgan fingerprint density at radius 1 is 1.06 bits per heavy atom. The lowest BCUT2D eigenvalue weighted by Gasteiger charge is -2.32. The van der Waals surface area contributed by atoms with Gasteiger partial charge in [-0.15, -0.1) is 0 Å². The molecular formula is C20H20F3N3O7S. The summed E-state index contributed by atoms with van der Waals surface area (Å²) in [5.74, 6) is -2.52. The monoisotopic (exact) mass is 503 g/mol. The smallest absolute Gasteiger partial charge is 0.296 e. The van der Waals surface area contributed by atoms with Crippen LogP contribution in [0.5, 0.6) is 0 Å². The Bertz CT molecular complexity index is 1170. The van der Waals surface area contributed by atoms with Crippen molar-refractivity contribution in [2.45, 2.75) is 49.9 Å². The summed E-state index contributed by atoms with van der Waals surface area (Å²) in [5.41, 5.74) is -4.74. The number of hydrogen-bond acceptors (Lipinski definition) is 8. The van der Waals surface area contributed by atoms with Gasteiger partial charge >= 0.3 is 15.6 Å². The third kappa shape index (κ3) is 4.57. The van der Waals surface area contributed by atoms with Gasteiger partial charge in [-0.05, 0) is 43.5 Å². The second-order valence-electron chi connectivity index (χ2n) is 8.32. The van der Waals surface area contributed by atoms with Crippen molar-refractivity contribution in [2.75, 3.05) is 13.1 Å². The van der Waals surface area contributed by atoms with E-state index in [-0.39, 0.29) is 43.5 Å². The minimum Gasteiger partial charge on any atom is -0.296 e. The second-order valence-corrected chi connectivity index (χ2v) is 9.89. The number of carbonyl (C=O) groups excluding carboxylic acids is 4. The van der Waals surface area contributed by atoms with Gasteiger partial charge in [0.25, 0.3) is 11.8 Å². The number of fused-ring (bicyclic) bond motifs is 1. The molecule has 4 rings (SSSR count). The van der Waals surface area contributed by atoms with E-state index in [0.717, 1.165) is 4.90 Å². The first-order valence-electron chi connectivity index (χ1n) is 10.4. The standard InChI is InChI=1S/C20H20F3N3O7S/c21-20(22,23)34(31,32)33-12-2-1-7-25(10-12)9-11-3-4-13-14(8-11)19(30)26(18(13)29)15-5-6-16(27)24-17(15)28/h3-4,8,12,15H,1-2,5-7,9-10H2,(H,24,27,28). The minimum absolute atomic E-state index is 0.00266. The van der Waals surface area contributed by atoms with E-state index >= 15 is 0 Å². The molecule has 1 N–H and O–H groups in total. The van der Waals surface area contributed by atoms with Crippen molar-refractivity contribution in [1.29, 1.82) is 0 Å². The predicted octanol–water partition coefficient (Wildman–Crippen LogP) is 0.918. The third-order valence-corrected chi connectivity index (χ3v) is 7.01. The lowest BCUT2D eigenvalue weighted by Crippen LogP contribution is -2.54. The highest BCUT2D eigenvalue weighted by Crippen LogP contribution is 2.30. The van der Waals surface area contributed by atoms with Gasteiger partial charge in [0, 0.05) is 19.5 Å². The van der Waals surface area contributed by atoms with Gasteiger partial charge in [-0.3, -0.25) is 38.5 Å². The molecule has 0 spiro atoms. The molecule has 0 aromatic heterocycles. The van der Waals surface area contributed by atoms with Gasteiger partial charge in [0.05, 0.1) is 17.2 Å². The molecule has 1 aromatic carbocycles. The van der Waals surface area contributed by atoms with E-state index in [1.807, 2.05) is 0 Å². The zero-order valence-corrected chi connectivity index (χ0v) is 18.4. The maximum atomic E-state index is 12.9. The van der Waals surface area contributed by atoms with Crippen LogP contribution in [0.3, 0.4) is 0 Å². The number of hydrogen-bond donors (Lipinski definition) is 1. The lowest BCUT2D eigenvalue weighted by molar-refractivity contribution is -0.136. The first kappa shape index (κ1) is 24.3. The number of piperidine rings is 2. The third-order valence-electron chi connectivity index (χ3n) is 5.92. The fourth-order valence-electron chi connectivity index (χ4n) is 4.34. The van der Waals surface area contributed by atoms with Crippen molar-refractivity contribution in [3.05, 3.63) is 34.9 Å². The topological polar surface area (TPSA) is 130 Å². The lowest BCUT2D eigenvalue weighted by atomic mass is 10.0. The van der Waals surface area contributed by atoms with E-state index in [1.54, 1.807) is 11.0 Å². The number of nitrogens with one attached hydrogen (secondary N) is 1. The Morgan fingerprint density at radius 3 is 2.44 bits per heavy atom. The molecule has 1 aromatic rings. The molecule has 3 aliphatic rings. The summed E-state index contributed by atoms with van der Waals surface area (Å²) in [4.78, 5) is 51.7. The molecule has 2 saturated heterocycles. The number of alkyl halides is 3. The van der Waals surface area contributed by atoms with Crippen molar-refractivity contribution in [3.63, 3.8) is 0 Å². The molecule has 0 bridgehead atoms. The van der Waals surface area contributed by atoms with Crippen molar-refractivity contribution in [1.82, 2.24) is 15.1 Å². The minimum atomic E-state index is -5.71. The van der Waals surface area contributed by atoms with E-state index in [2.05, 4.69) is 9.50 Å². The van der Waals surface area contributed by atoms with E-state index in [1.165, 1.54) is 12.1 Å². The number of rotatable bonds is 5. The molecule has 3 heterocycles. The van der Waals surface area contributed by atoms with Crippen LogP contribution in [-0.4, -0.2) is 72.6 Å². The van der Waals surface area contributed by atoms with Gasteiger partial charge in [0.15, 0.2) is 0 Å². The Morgan fingerprint density at radius 2 is 1.76 bits per heavy atom. The molecule has 184 valence electrons. The quantitative estimate of drug-likeness (QED) is 0.357. The Hall–Kier alpha value is -2.84. The second kappa shape index (κ2) is 8.74. The van der Waals surface area contributed by atoms with Gasteiger partial charge < -0.3 is 0 Å². The molecule has 0 saturated carbocycles. The van der Waals surface area contributed by atoms with Crippen molar-refractivity contribution in [2.24, 2.45) is 0 Å². The molecule has 4 amide bonds. The molecule has 2 fully saturated rings. The van der Waals surface area contributed by atoms with Crippen LogP contribution in [0.25, 0.3) is 0 Å². The summed E-state index contributed by atoms with van der Waals surface area (Å²) in [6, 6.07) is 3.39. The van der Waals surface area contributed by atoms with Crippen LogP contribution < -0.4 is 5.32 Å². The van der Waals surface area contributed by atoms with E-state index < -0.39 is 51.4 Å². The fourth-order valence-corrected chi connectivity index (χ4v) is 4.97. The molecule has 2 atom stereocenters. The van der Waals surface area contributed by atoms with E-state index in [0.29, 0.717) is 18.5 Å². The fraction of sp³-hybridized carbons (Fsp3) is 0.500. The number of imide groups is 2. The van der Waals surface area contributed by atoms with Gasteiger partial charge in [-0.1, -0.05) is 6.07 Å². The van der Waals surface area contributed by atoms with Crippen molar-refractivity contribution >= 4 is 33.7 Å². The zero-order valence-electron chi connectivity index (χ0n) is 17.6. The van der Waals surface area contributed by atoms with E-state index in [9.17, 15) is 40.8 Å². The highest BCUT2D eigenvalue weighted by molar-refractivity contribution is 7.87. The van der Waals surface area contributed by atoms with Crippen LogP contribution in [0.1, 0.15) is 52.0 Å². The van der Waals surface area contributed by atoms with Gasteiger partial charge in [0.2, 0.25) is 11.8 Å². The molecule has 3 aliphatic heterocycles. The normalized spacial score (nSPS) is 24.4. The molecule has 2 unspecified atom stereocenters. The molecule has 0 radical (unpaired) electrons. The van der Waals surface area contributed by atoms with Crippen LogP contribution in [0, 0.1) is 0 Å². The Labute approximate surface area is 192 Å². The Kier molecular flexibility index (Phi) is 6.25. The van der Waals surface area contributed by atoms with Gasteiger partial charge in [0.1, 0.15) is 6.04 Å². The molecule has 0 aliphatic carbocycles. The maximum Gasteiger partial charge on any atom is 0.523 e. The number of halogens is 3.